The van der Waals surface area contributed by atoms with E-state index in [1.54, 1.807) is 24.3 Å². The molecule has 0 atom stereocenters. The number of esters is 2. The maximum Gasteiger partial charge on any atom is 0.354 e. The minimum atomic E-state index is -0.699. The minimum Gasteiger partial charge on any atom is -0.466 e. The van der Waals surface area contributed by atoms with Crippen LogP contribution >= 0.6 is 0 Å². The van der Waals surface area contributed by atoms with E-state index in [-0.39, 0.29) is 5.70 Å². The van der Waals surface area contributed by atoms with Gasteiger partial charge in [-0.05, 0) is 24.3 Å². The molecule has 0 saturated carbocycles. The first-order valence-electron chi connectivity index (χ1n) is 5.26. The lowest BCUT2D eigenvalue weighted by Crippen LogP contribution is -2.15. The van der Waals surface area contributed by atoms with Gasteiger partial charge in [0.15, 0.2) is 0 Å². The highest BCUT2D eigenvalue weighted by Gasteiger charge is 2.12. The van der Waals surface area contributed by atoms with Crippen molar-refractivity contribution in [3.05, 3.63) is 41.6 Å². The first kappa shape index (κ1) is 14.3. The summed E-state index contributed by atoms with van der Waals surface area (Å²) < 4.78 is 8.99. The Bertz CT molecular complexity index is 541. The van der Waals surface area contributed by atoms with E-state index in [9.17, 15) is 9.59 Å². The summed E-state index contributed by atoms with van der Waals surface area (Å²) in [6.45, 7) is 0. The molecule has 98 valence electrons. The number of nitriles is 1. The Morgan fingerprint density at radius 1 is 1.21 bits per heavy atom. The van der Waals surface area contributed by atoms with Crippen LogP contribution in [0.4, 0.5) is 5.69 Å². The van der Waals surface area contributed by atoms with Crippen LogP contribution in [0.15, 0.2) is 36.0 Å². The Morgan fingerprint density at radius 2 is 1.84 bits per heavy atom. The molecule has 0 saturated heterocycles. The highest BCUT2D eigenvalue weighted by Crippen LogP contribution is 2.12. The number of carbonyl (C=O) groups excluding carboxylic acids is 2. The summed E-state index contributed by atoms with van der Waals surface area (Å²) in [5.74, 6) is -1.38. The quantitative estimate of drug-likeness (QED) is 0.646. The van der Waals surface area contributed by atoms with Crippen molar-refractivity contribution in [2.75, 3.05) is 19.5 Å². The summed E-state index contributed by atoms with van der Waals surface area (Å²) in [7, 11) is 2.41. The smallest absolute Gasteiger partial charge is 0.354 e. The number of hydrogen-bond acceptors (Lipinski definition) is 6. The molecule has 1 aromatic carbocycles. The molecular formula is C13H12N2O4. The molecule has 0 aromatic heterocycles. The zero-order valence-electron chi connectivity index (χ0n) is 10.5. The maximum absolute atomic E-state index is 11.5. The first-order chi connectivity index (χ1) is 9.10. The molecular weight excluding hydrogens is 248 g/mol. The summed E-state index contributed by atoms with van der Waals surface area (Å²) in [6, 6.07) is 8.34. The zero-order valence-corrected chi connectivity index (χ0v) is 10.5. The van der Waals surface area contributed by atoms with Gasteiger partial charge in [-0.1, -0.05) is 0 Å². The largest absolute Gasteiger partial charge is 0.466 e. The molecule has 1 rings (SSSR count). The molecule has 6 nitrogen and oxygen atoms in total. The van der Waals surface area contributed by atoms with Crippen molar-refractivity contribution in [2.45, 2.75) is 0 Å². The lowest BCUT2D eigenvalue weighted by atomic mass is 10.2. The normalized spacial score (nSPS) is 10.3. The topological polar surface area (TPSA) is 88.4 Å². The van der Waals surface area contributed by atoms with Crippen molar-refractivity contribution < 1.29 is 19.1 Å². The van der Waals surface area contributed by atoms with Crippen LogP contribution in [0.1, 0.15) is 5.56 Å². The van der Waals surface area contributed by atoms with E-state index >= 15 is 0 Å². The molecule has 0 radical (unpaired) electrons. The zero-order chi connectivity index (χ0) is 14.3. The number of nitrogens with one attached hydrogen (secondary N) is 1. The number of anilines is 1. The Morgan fingerprint density at radius 3 is 2.32 bits per heavy atom. The van der Waals surface area contributed by atoms with Crippen LogP contribution in [-0.4, -0.2) is 26.2 Å². The molecule has 0 aliphatic rings. The molecule has 0 bridgehead atoms. The minimum absolute atomic E-state index is 0.0564. The van der Waals surface area contributed by atoms with Crippen molar-refractivity contribution in [2.24, 2.45) is 0 Å². The van der Waals surface area contributed by atoms with Crippen molar-refractivity contribution in [1.29, 1.82) is 5.26 Å². The molecule has 0 unspecified atom stereocenters. The van der Waals surface area contributed by atoms with Crippen LogP contribution in [0.5, 0.6) is 0 Å². The highest BCUT2D eigenvalue weighted by molar-refractivity contribution is 5.98. The van der Waals surface area contributed by atoms with Gasteiger partial charge in [-0.25, -0.2) is 9.59 Å². The second-order valence-electron chi connectivity index (χ2n) is 3.39. The van der Waals surface area contributed by atoms with Crippen LogP contribution < -0.4 is 5.32 Å². The molecule has 1 aromatic rings. The summed E-state index contributed by atoms with van der Waals surface area (Å²) in [6.07, 6.45) is 0.990. The third-order valence-electron chi connectivity index (χ3n) is 2.16. The predicted molar refractivity (Wildman–Crippen MR) is 66.9 cm³/mol. The molecule has 19 heavy (non-hydrogen) atoms. The third-order valence-corrected chi connectivity index (χ3v) is 2.16. The Kier molecular flexibility index (Phi) is 5.11. The second-order valence-corrected chi connectivity index (χ2v) is 3.39. The van der Waals surface area contributed by atoms with E-state index in [0.717, 1.165) is 6.08 Å². The van der Waals surface area contributed by atoms with E-state index < -0.39 is 11.9 Å². The van der Waals surface area contributed by atoms with Crippen molar-refractivity contribution in [1.82, 2.24) is 0 Å². The number of nitrogens with zero attached hydrogens (tertiary/aromatic N) is 1. The fourth-order valence-corrected chi connectivity index (χ4v) is 1.22. The summed E-state index contributed by atoms with van der Waals surface area (Å²) in [5.41, 5.74) is 0.973. The van der Waals surface area contributed by atoms with Gasteiger partial charge < -0.3 is 14.8 Å². The third kappa shape index (κ3) is 4.16. The van der Waals surface area contributed by atoms with Crippen molar-refractivity contribution in [3.63, 3.8) is 0 Å². The fourth-order valence-electron chi connectivity index (χ4n) is 1.22. The Balaban J connectivity index is 2.94. The Hall–Kier alpha value is -2.81. The lowest BCUT2D eigenvalue weighted by Gasteiger charge is -2.08. The van der Waals surface area contributed by atoms with Gasteiger partial charge >= 0.3 is 11.9 Å². The average molecular weight is 260 g/mol. The van der Waals surface area contributed by atoms with Crippen LogP contribution in [0.25, 0.3) is 0 Å². The second kappa shape index (κ2) is 6.81. The van der Waals surface area contributed by atoms with Crippen molar-refractivity contribution >= 4 is 17.6 Å². The SMILES string of the molecule is COC(=O)/C=C(/Nc1ccc(C#N)cc1)C(=O)OC. The molecule has 6 heteroatoms. The Labute approximate surface area is 110 Å². The van der Waals surface area contributed by atoms with Gasteiger partial charge in [0.25, 0.3) is 0 Å². The monoisotopic (exact) mass is 260 g/mol. The number of methoxy groups -OCH3 is 2. The summed E-state index contributed by atoms with van der Waals surface area (Å²) in [4.78, 5) is 22.6. The highest BCUT2D eigenvalue weighted by atomic mass is 16.5. The lowest BCUT2D eigenvalue weighted by molar-refractivity contribution is -0.138. The van der Waals surface area contributed by atoms with Gasteiger partial charge in [0, 0.05) is 5.69 Å². The van der Waals surface area contributed by atoms with Crippen LogP contribution in [-0.2, 0) is 19.1 Å². The summed E-state index contributed by atoms with van der Waals surface area (Å²) in [5, 5.41) is 11.4. The van der Waals surface area contributed by atoms with Crippen molar-refractivity contribution in [3.8, 4) is 6.07 Å². The van der Waals surface area contributed by atoms with Gasteiger partial charge in [0.1, 0.15) is 5.70 Å². The molecule has 0 aliphatic carbocycles. The van der Waals surface area contributed by atoms with Gasteiger partial charge in [0.05, 0.1) is 31.9 Å². The van der Waals surface area contributed by atoms with E-state index in [2.05, 4.69) is 14.8 Å². The average Bonchev–Trinajstić information content (AvgIpc) is 2.46. The van der Waals surface area contributed by atoms with Crippen LogP contribution in [0.3, 0.4) is 0 Å². The maximum atomic E-state index is 11.5. The van der Waals surface area contributed by atoms with E-state index in [0.29, 0.717) is 11.3 Å². The number of rotatable bonds is 4. The molecule has 0 spiro atoms. The molecule has 0 amide bonds. The van der Waals surface area contributed by atoms with Gasteiger partial charge in [-0.3, -0.25) is 0 Å². The van der Waals surface area contributed by atoms with E-state index in [1.807, 2.05) is 6.07 Å². The predicted octanol–water partition coefficient (Wildman–Crippen LogP) is 1.20. The first-order valence-corrected chi connectivity index (χ1v) is 5.26. The van der Waals surface area contributed by atoms with Crippen LogP contribution in [0.2, 0.25) is 0 Å². The standard InChI is InChI=1S/C13H12N2O4/c1-18-12(16)7-11(13(17)19-2)15-10-5-3-9(8-14)4-6-10/h3-7,15H,1-2H3/b11-7+. The number of benzene rings is 1. The number of ether oxygens (including phenoxy) is 2. The van der Waals surface area contributed by atoms with E-state index in [4.69, 9.17) is 5.26 Å². The van der Waals surface area contributed by atoms with Gasteiger partial charge in [-0.2, -0.15) is 5.26 Å². The number of hydrogen-bond donors (Lipinski definition) is 1. The molecule has 0 fully saturated rings. The fraction of sp³-hybridized carbons (Fsp3) is 0.154. The van der Waals surface area contributed by atoms with E-state index in [1.165, 1.54) is 14.2 Å². The number of carbonyl (C=O) groups is 2. The van der Waals surface area contributed by atoms with Gasteiger partial charge in [0.2, 0.25) is 0 Å². The summed E-state index contributed by atoms with van der Waals surface area (Å²) >= 11 is 0. The van der Waals surface area contributed by atoms with Crippen LogP contribution in [0, 0.1) is 11.3 Å². The molecule has 1 N–H and O–H groups in total. The van der Waals surface area contributed by atoms with Gasteiger partial charge in [-0.15, -0.1) is 0 Å². The molecule has 0 aliphatic heterocycles. The molecule has 0 heterocycles.